The maximum atomic E-state index is 14.0. The van der Waals surface area contributed by atoms with Crippen molar-refractivity contribution in [2.75, 3.05) is 51.4 Å². The number of benzene rings is 2. The van der Waals surface area contributed by atoms with E-state index in [9.17, 15) is 14.4 Å². The summed E-state index contributed by atoms with van der Waals surface area (Å²) in [6.45, 7) is 5.16. The van der Waals surface area contributed by atoms with E-state index in [1.54, 1.807) is 24.1 Å². The Hall–Kier alpha value is -3.55. The molecule has 5 rings (SSSR count). The molecular weight excluding hydrogens is 468 g/mol. The van der Waals surface area contributed by atoms with E-state index in [2.05, 4.69) is 11.8 Å². The van der Waals surface area contributed by atoms with Crippen molar-refractivity contribution < 1.29 is 19.1 Å². The summed E-state index contributed by atoms with van der Waals surface area (Å²) in [7, 11) is 1.58. The minimum absolute atomic E-state index is 0.0106. The minimum atomic E-state index is -0.761. The number of carbonyl (C=O) groups excluding carboxylic acids is 3. The van der Waals surface area contributed by atoms with Gasteiger partial charge in [-0.2, -0.15) is 0 Å². The molecule has 8 heteroatoms. The second kappa shape index (κ2) is 10.4. The fourth-order valence-electron chi connectivity index (χ4n) is 5.86. The lowest BCUT2D eigenvalue weighted by atomic mass is 9.85. The van der Waals surface area contributed by atoms with Gasteiger partial charge in [0.05, 0.1) is 13.8 Å². The largest absolute Gasteiger partial charge is 0.497 e. The number of hydrogen-bond donors (Lipinski definition) is 0. The Kier molecular flexibility index (Phi) is 7.09. The number of para-hydroxylation sites is 1. The predicted octanol–water partition coefficient (Wildman–Crippen LogP) is 3.23. The molecule has 0 saturated carbocycles. The average Bonchev–Trinajstić information content (AvgIpc) is 3.20. The second-order valence-electron chi connectivity index (χ2n) is 10.5. The van der Waals surface area contributed by atoms with Gasteiger partial charge in [0.2, 0.25) is 5.91 Å². The molecule has 3 heterocycles. The van der Waals surface area contributed by atoms with Gasteiger partial charge in [-0.25, -0.2) is 0 Å². The van der Waals surface area contributed by atoms with Gasteiger partial charge in [-0.3, -0.25) is 14.4 Å². The van der Waals surface area contributed by atoms with Crippen molar-refractivity contribution in [3.63, 3.8) is 0 Å². The molecule has 2 aromatic carbocycles. The first kappa shape index (κ1) is 25.1. The van der Waals surface area contributed by atoms with Crippen LogP contribution in [0.1, 0.15) is 43.0 Å². The molecule has 3 amide bonds. The maximum absolute atomic E-state index is 14.0. The molecule has 0 bridgehead atoms. The molecule has 0 N–H and O–H groups in total. The van der Waals surface area contributed by atoms with Crippen LogP contribution < -0.4 is 9.64 Å². The molecule has 196 valence electrons. The van der Waals surface area contributed by atoms with E-state index in [-0.39, 0.29) is 24.3 Å². The first-order valence-corrected chi connectivity index (χ1v) is 13.2. The third-order valence-corrected chi connectivity index (χ3v) is 8.24. The molecular formula is C29H36N4O4. The SMILES string of the molecule is COc1cccc(C(=O)N2CCC3(CC2)C(=O)N(CC(=O)N2CCC(C)CC2)CN3c2ccccc2)c1. The van der Waals surface area contributed by atoms with Crippen molar-refractivity contribution in [3.05, 3.63) is 60.2 Å². The highest BCUT2D eigenvalue weighted by atomic mass is 16.5. The lowest BCUT2D eigenvalue weighted by Crippen LogP contribution is -2.57. The monoisotopic (exact) mass is 504 g/mol. The van der Waals surface area contributed by atoms with Crippen molar-refractivity contribution in [2.24, 2.45) is 5.92 Å². The molecule has 0 unspecified atom stereocenters. The standard InChI is InChI=1S/C29H36N4O4/c1-22-11-15-30(16-12-22)26(34)20-32-21-33(24-8-4-3-5-9-24)29(28(32)36)13-17-31(18-14-29)27(35)23-7-6-10-25(19-23)37-2/h3-10,19,22H,11-18,20-21H2,1-2H3. The number of likely N-dealkylation sites (tertiary alicyclic amines) is 2. The Bertz CT molecular complexity index is 1140. The fraction of sp³-hybridized carbons (Fsp3) is 0.483. The molecule has 3 aliphatic heterocycles. The third-order valence-electron chi connectivity index (χ3n) is 8.24. The summed E-state index contributed by atoms with van der Waals surface area (Å²) in [5.41, 5.74) is 0.782. The van der Waals surface area contributed by atoms with Crippen LogP contribution in [-0.4, -0.2) is 84.5 Å². The highest BCUT2D eigenvalue weighted by Gasteiger charge is 2.54. The van der Waals surface area contributed by atoms with Crippen LogP contribution in [0, 0.1) is 5.92 Å². The third kappa shape index (κ3) is 4.89. The lowest BCUT2D eigenvalue weighted by molar-refractivity contribution is -0.141. The zero-order valence-corrected chi connectivity index (χ0v) is 21.8. The van der Waals surface area contributed by atoms with Crippen molar-refractivity contribution >= 4 is 23.4 Å². The molecule has 8 nitrogen and oxygen atoms in total. The Balaban J connectivity index is 1.33. The topological polar surface area (TPSA) is 73.4 Å². The number of amides is 3. The predicted molar refractivity (Wildman–Crippen MR) is 141 cm³/mol. The number of rotatable bonds is 5. The van der Waals surface area contributed by atoms with Crippen molar-refractivity contribution in [3.8, 4) is 5.75 Å². The molecule has 3 fully saturated rings. The van der Waals surface area contributed by atoms with Crippen molar-refractivity contribution in [2.45, 2.75) is 38.1 Å². The number of anilines is 1. The van der Waals surface area contributed by atoms with Crippen LogP contribution in [0.5, 0.6) is 5.75 Å². The van der Waals surface area contributed by atoms with E-state index in [0.29, 0.717) is 49.8 Å². The molecule has 1 spiro atoms. The van der Waals surface area contributed by atoms with Gasteiger partial charge in [-0.15, -0.1) is 0 Å². The highest BCUT2D eigenvalue weighted by molar-refractivity contribution is 5.98. The molecule has 3 aliphatic rings. The van der Waals surface area contributed by atoms with E-state index in [0.717, 1.165) is 31.6 Å². The Morgan fingerprint density at radius 3 is 2.32 bits per heavy atom. The van der Waals surface area contributed by atoms with Gasteiger partial charge in [0.15, 0.2) is 0 Å². The van der Waals surface area contributed by atoms with Gasteiger partial charge in [-0.05, 0) is 61.9 Å². The summed E-state index contributed by atoms with van der Waals surface area (Å²) in [6, 6.07) is 17.1. The summed E-state index contributed by atoms with van der Waals surface area (Å²) in [4.78, 5) is 47.9. The zero-order valence-electron chi connectivity index (χ0n) is 21.8. The quantitative estimate of drug-likeness (QED) is 0.625. The van der Waals surface area contributed by atoms with Crippen LogP contribution in [-0.2, 0) is 9.59 Å². The normalized spacial score (nSPS) is 20.0. The van der Waals surface area contributed by atoms with Crippen LogP contribution in [0.15, 0.2) is 54.6 Å². The minimum Gasteiger partial charge on any atom is -0.497 e. The second-order valence-corrected chi connectivity index (χ2v) is 10.5. The summed E-state index contributed by atoms with van der Waals surface area (Å²) < 4.78 is 5.28. The fourth-order valence-corrected chi connectivity index (χ4v) is 5.86. The molecule has 0 aromatic heterocycles. The average molecular weight is 505 g/mol. The maximum Gasteiger partial charge on any atom is 0.253 e. The first-order valence-electron chi connectivity index (χ1n) is 13.2. The first-order chi connectivity index (χ1) is 17.9. The number of methoxy groups -OCH3 is 1. The van der Waals surface area contributed by atoms with Gasteiger partial charge >= 0.3 is 0 Å². The van der Waals surface area contributed by atoms with Crippen LogP contribution in [0.3, 0.4) is 0 Å². The molecule has 0 atom stereocenters. The van der Waals surface area contributed by atoms with Gasteiger partial charge < -0.3 is 24.3 Å². The number of carbonyl (C=O) groups is 3. The van der Waals surface area contributed by atoms with Crippen molar-refractivity contribution in [1.29, 1.82) is 0 Å². The molecule has 0 aliphatic carbocycles. The van der Waals surface area contributed by atoms with E-state index in [4.69, 9.17) is 4.74 Å². The van der Waals surface area contributed by atoms with Gasteiger partial charge in [0.25, 0.3) is 11.8 Å². The smallest absolute Gasteiger partial charge is 0.253 e. The van der Waals surface area contributed by atoms with Crippen LogP contribution >= 0.6 is 0 Å². The molecule has 3 saturated heterocycles. The van der Waals surface area contributed by atoms with Crippen LogP contribution in [0.2, 0.25) is 0 Å². The number of nitrogens with zero attached hydrogens (tertiary/aromatic N) is 4. The zero-order chi connectivity index (χ0) is 26.0. The Morgan fingerprint density at radius 2 is 1.65 bits per heavy atom. The molecule has 0 radical (unpaired) electrons. The van der Waals surface area contributed by atoms with Gasteiger partial charge in [0, 0.05) is 37.4 Å². The number of hydrogen-bond acceptors (Lipinski definition) is 5. The van der Waals surface area contributed by atoms with Gasteiger partial charge in [0.1, 0.15) is 17.8 Å². The molecule has 2 aromatic rings. The summed E-state index contributed by atoms with van der Waals surface area (Å²) in [5.74, 6) is 1.24. The van der Waals surface area contributed by atoms with Crippen molar-refractivity contribution in [1.82, 2.24) is 14.7 Å². The van der Waals surface area contributed by atoms with E-state index >= 15 is 0 Å². The van der Waals surface area contributed by atoms with Crippen LogP contribution in [0.25, 0.3) is 0 Å². The van der Waals surface area contributed by atoms with E-state index in [1.165, 1.54) is 0 Å². The highest BCUT2D eigenvalue weighted by Crippen LogP contribution is 2.40. The molecule has 37 heavy (non-hydrogen) atoms. The Labute approximate surface area is 218 Å². The van der Waals surface area contributed by atoms with E-state index < -0.39 is 5.54 Å². The lowest BCUT2D eigenvalue weighted by Gasteiger charge is -2.43. The Morgan fingerprint density at radius 1 is 0.946 bits per heavy atom. The van der Waals surface area contributed by atoms with Gasteiger partial charge in [-0.1, -0.05) is 31.2 Å². The summed E-state index contributed by atoms with van der Waals surface area (Å²) >= 11 is 0. The summed E-state index contributed by atoms with van der Waals surface area (Å²) in [5, 5.41) is 0. The van der Waals surface area contributed by atoms with E-state index in [1.807, 2.05) is 52.3 Å². The number of ether oxygens (including phenoxy) is 1. The summed E-state index contributed by atoms with van der Waals surface area (Å²) in [6.07, 6.45) is 3.05. The number of piperidine rings is 2. The van der Waals surface area contributed by atoms with Crippen LogP contribution in [0.4, 0.5) is 5.69 Å².